The number of rotatable bonds is 47. The van der Waals surface area contributed by atoms with E-state index < -0.39 is 20.0 Å². The minimum atomic E-state index is -4.32. The van der Waals surface area contributed by atoms with Gasteiger partial charge in [-0.3, -0.25) is 13.8 Å². The van der Waals surface area contributed by atoms with Crippen LogP contribution >= 0.6 is 7.82 Å². The topological polar surface area (TPSA) is 131 Å². The van der Waals surface area contributed by atoms with E-state index in [1.807, 2.05) is 0 Å². The van der Waals surface area contributed by atoms with Gasteiger partial charge >= 0.3 is 7.82 Å². The van der Waals surface area contributed by atoms with Gasteiger partial charge in [0.2, 0.25) is 5.91 Å². The first-order valence-corrected chi connectivity index (χ1v) is 26.4. The van der Waals surface area contributed by atoms with E-state index in [1.54, 1.807) is 0 Å². The molecule has 0 aromatic heterocycles. The molecule has 0 bridgehead atoms. The Hall–Kier alpha value is -1.02. The summed E-state index contributed by atoms with van der Waals surface area (Å²) in [4.78, 5) is 22.8. The summed E-state index contributed by atoms with van der Waals surface area (Å²) in [6, 6.07) is -0.774. The molecule has 0 aliphatic carbocycles. The number of nitrogens with two attached hydrogens (primary N) is 1. The highest BCUT2D eigenvalue weighted by Crippen LogP contribution is 2.43. The summed E-state index contributed by atoms with van der Waals surface area (Å²) < 4.78 is 22.3. The fraction of sp³-hybridized carbons (Fsp3) is 0.898. The number of carbonyl (C=O) groups excluding carboxylic acids is 1. The number of allylic oxidation sites excluding steroid dienone is 4. The van der Waals surface area contributed by atoms with Gasteiger partial charge in [-0.15, -0.1) is 0 Å². The number of phosphoric acid groups is 1. The van der Waals surface area contributed by atoms with Crippen molar-refractivity contribution in [2.24, 2.45) is 5.73 Å². The largest absolute Gasteiger partial charge is 0.472 e. The molecule has 3 atom stereocenters. The number of hydrogen-bond acceptors (Lipinski definition) is 6. The normalized spacial score (nSPS) is 14.1. The Kier molecular flexibility index (Phi) is 44.7. The van der Waals surface area contributed by atoms with Crippen LogP contribution in [0.3, 0.4) is 0 Å². The number of hydrogen-bond donors (Lipinski definition) is 4. The molecule has 0 radical (unpaired) electrons. The highest BCUT2D eigenvalue weighted by Gasteiger charge is 2.27. The van der Waals surface area contributed by atoms with E-state index in [2.05, 4.69) is 43.5 Å². The van der Waals surface area contributed by atoms with Crippen LogP contribution < -0.4 is 11.1 Å². The number of carbonyl (C=O) groups is 1. The standard InChI is InChI=1S/C49H97N2O6P/c1-3-5-7-9-11-13-15-17-19-21-22-23-24-25-26-27-29-31-33-35-37-39-41-43-49(53)51-47(46-57-58(54,55)56-45-44-50)48(52)42-40-38-36-34-32-30-28-20-18-16-14-12-10-8-6-4-2/h15,17,21-22,47-48,52H,3-14,16,18-20,23-46,50H2,1-2H3,(H,51,53)(H,54,55)/b17-15-,22-21-. The van der Waals surface area contributed by atoms with E-state index in [0.29, 0.717) is 12.8 Å². The van der Waals surface area contributed by atoms with E-state index in [0.717, 1.165) is 44.9 Å². The van der Waals surface area contributed by atoms with Crippen LogP contribution in [0.4, 0.5) is 0 Å². The maximum atomic E-state index is 12.8. The van der Waals surface area contributed by atoms with Crippen molar-refractivity contribution in [3.63, 3.8) is 0 Å². The van der Waals surface area contributed by atoms with Gasteiger partial charge < -0.3 is 21.1 Å². The number of phosphoric ester groups is 1. The van der Waals surface area contributed by atoms with Crippen LogP contribution in [0.25, 0.3) is 0 Å². The molecule has 0 aromatic rings. The number of nitrogens with one attached hydrogen (secondary N) is 1. The van der Waals surface area contributed by atoms with Crippen LogP contribution in [-0.4, -0.2) is 47.8 Å². The third-order valence-corrected chi connectivity index (χ3v) is 12.3. The summed E-state index contributed by atoms with van der Waals surface area (Å²) >= 11 is 0. The first-order valence-electron chi connectivity index (χ1n) is 25.0. The summed E-state index contributed by atoms with van der Waals surface area (Å²) in [6.07, 6.45) is 53.3. The molecule has 0 aliphatic heterocycles. The smallest absolute Gasteiger partial charge is 0.391 e. The molecule has 0 aromatic carbocycles. The maximum Gasteiger partial charge on any atom is 0.472 e. The van der Waals surface area contributed by atoms with Crippen molar-refractivity contribution in [2.45, 2.75) is 264 Å². The summed E-state index contributed by atoms with van der Waals surface area (Å²) in [5.74, 6) is -0.161. The molecule has 5 N–H and O–H groups in total. The SMILES string of the molecule is CCCCCCC/C=C\C/C=C\CCCCCCCCCCCCCC(=O)NC(COP(=O)(O)OCCN)C(O)CCCCCCCCCCCCCCCCCC. The Labute approximate surface area is 359 Å². The van der Waals surface area contributed by atoms with Gasteiger partial charge in [-0.25, -0.2) is 4.57 Å². The van der Waals surface area contributed by atoms with Gasteiger partial charge in [0.15, 0.2) is 0 Å². The molecule has 0 fully saturated rings. The van der Waals surface area contributed by atoms with Gasteiger partial charge in [-0.2, -0.15) is 0 Å². The summed E-state index contributed by atoms with van der Waals surface area (Å²) in [5, 5.41) is 13.9. The predicted octanol–water partition coefficient (Wildman–Crippen LogP) is 14.5. The molecule has 0 aliphatic rings. The van der Waals surface area contributed by atoms with Crippen LogP contribution in [0.2, 0.25) is 0 Å². The molecule has 0 spiro atoms. The van der Waals surface area contributed by atoms with Crippen LogP contribution in [-0.2, 0) is 18.4 Å². The van der Waals surface area contributed by atoms with E-state index in [-0.39, 0.29) is 25.7 Å². The van der Waals surface area contributed by atoms with Gasteiger partial charge in [0.1, 0.15) is 0 Å². The molecular weight excluding hydrogens is 744 g/mol. The van der Waals surface area contributed by atoms with Crippen molar-refractivity contribution >= 4 is 13.7 Å². The zero-order valence-electron chi connectivity index (χ0n) is 38.3. The molecule has 1 amide bonds. The minimum Gasteiger partial charge on any atom is -0.391 e. The van der Waals surface area contributed by atoms with Crippen molar-refractivity contribution in [3.05, 3.63) is 24.3 Å². The molecule has 9 heteroatoms. The molecule has 8 nitrogen and oxygen atoms in total. The third kappa shape index (κ3) is 43.1. The average molecular weight is 841 g/mol. The fourth-order valence-corrected chi connectivity index (χ4v) is 8.28. The molecular formula is C49H97N2O6P. The molecule has 0 saturated carbocycles. The van der Waals surface area contributed by atoms with Crippen LogP contribution in [0.1, 0.15) is 251 Å². The average Bonchev–Trinajstić information content (AvgIpc) is 3.21. The van der Waals surface area contributed by atoms with Crippen molar-refractivity contribution < 1.29 is 28.4 Å². The lowest BCUT2D eigenvalue weighted by Crippen LogP contribution is -2.46. The molecule has 3 unspecified atom stereocenters. The van der Waals surface area contributed by atoms with E-state index in [9.17, 15) is 19.4 Å². The monoisotopic (exact) mass is 841 g/mol. The van der Waals surface area contributed by atoms with Gasteiger partial charge in [-0.1, -0.05) is 224 Å². The first-order chi connectivity index (χ1) is 28.4. The predicted molar refractivity (Wildman–Crippen MR) is 249 cm³/mol. The van der Waals surface area contributed by atoms with E-state index in [4.69, 9.17) is 14.8 Å². The second-order valence-corrected chi connectivity index (χ2v) is 18.5. The van der Waals surface area contributed by atoms with Crippen LogP contribution in [0.15, 0.2) is 24.3 Å². The van der Waals surface area contributed by atoms with Gasteiger partial charge in [-0.05, 0) is 44.9 Å². The van der Waals surface area contributed by atoms with E-state index >= 15 is 0 Å². The summed E-state index contributed by atoms with van der Waals surface area (Å²) in [7, 11) is -4.32. The third-order valence-electron chi connectivity index (χ3n) is 11.3. The first kappa shape index (κ1) is 57.0. The maximum absolute atomic E-state index is 12.8. The Morgan fingerprint density at radius 2 is 0.948 bits per heavy atom. The van der Waals surface area contributed by atoms with Gasteiger partial charge in [0.25, 0.3) is 0 Å². The zero-order valence-corrected chi connectivity index (χ0v) is 39.2. The minimum absolute atomic E-state index is 0.0895. The van der Waals surface area contributed by atoms with Crippen molar-refractivity contribution in [2.75, 3.05) is 19.8 Å². The second-order valence-electron chi connectivity index (χ2n) is 17.0. The Morgan fingerprint density at radius 3 is 1.36 bits per heavy atom. The Bertz CT molecular complexity index is 963. The fourth-order valence-electron chi connectivity index (χ4n) is 7.52. The lowest BCUT2D eigenvalue weighted by atomic mass is 10.0. The van der Waals surface area contributed by atoms with Gasteiger partial charge in [0.05, 0.1) is 25.4 Å². The quantitative estimate of drug-likeness (QED) is 0.0273. The number of amides is 1. The number of unbranched alkanes of at least 4 members (excludes halogenated alkanes) is 31. The van der Waals surface area contributed by atoms with Gasteiger partial charge in [0, 0.05) is 13.0 Å². The molecule has 344 valence electrons. The highest BCUT2D eigenvalue weighted by molar-refractivity contribution is 7.47. The molecule has 0 heterocycles. The number of aliphatic hydroxyl groups excluding tert-OH is 1. The van der Waals surface area contributed by atoms with Crippen molar-refractivity contribution in [1.29, 1.82) is 0 Å². The lowest BCUT2D eigenvalue weighted by molar-refractivity contribution is -0.123. The highest BCUT2D eigenvalue weighted by atomic mass is 31.2. The van der Waals surface area contributed by atoms with Crippen molar-refractivity contribution in [1.82, 2.24) is 5.32 Å². The Morgan fingerprint density at radius 1 is 0.569 bits per heavy atom. The number of aliphatic hydroxyl groups is 1. The summed E-state index contributed by atoms with van der Waals surface area (Å²) in [6.45, 7) is 4.22. The van der Waals surface area contributed by atoms with E-state index in [1.165, 1.54) is 180 Å². The molecule has 58 heavy (non-hydrogen) atoms. The molecule has 0 rings (SSSR count). The summed E-state index contributed by atoms with van der Waals surface area (Å²) in [5.41, 5.74) is 5.39. The van der Waals surface area contributed by atoms with Crippen molar-refractivity contribution in [3.8, 4) is 0 Å². The second kappa shape index (κ2) is 45.5. The Balaban J connectivity index is 4.04. The zero-order chi connectivity index (χ0) is 42.5. The molecule has 0 saturated heterocycles. The van der Waals surface area contributed by atoms with Crippen LogP contribution in [0.5, 0.6) is 0 Å². The van der Waals surface area contributed by atoms with Crippen LogP contribution in [0, 0.1) is 0 Å². The lowest BCUT2D eigenvalue weighted by Gasteiger charge is -2.25.